The molecule has 2 unspecified atom stereocenters. The molecule has 4 heteroatoms. The number of anilines is 1. The summed E-state index contributed by atoms with van der Waals surface area (Å²) in [6.45, 7) is 11.1. The Morgan fingerprint density at radius 2 is 2.11 bits per heavy atom. The molecule has 18 heavy (non-hydrogen) atoms. The van der Waals surface area contributed by atoms with Gasteiger partial charge in [-0.05, 0) is 24.6 Å². The molecular formula is C14H23N3S. The molecule has 1 N–H and O–H groups in total. The second-order valence-corrected chi connectivity index (χ2v) is 6.91. The molecule has 3 nitrogen and oxygen atoms in total. The van der Waals surface area contributed by atoms with Gasteiger partial charge in [-0.25, -0.2) is 4.98 Å². The monoisotopic (exact) mass is 265 g/mol. The van der Waals surface area contributed by atoms with E-state index in [9.17, 15) is 0 Å². The minimum atomic E-state index is 0.740. The average molecular weight is 265 g/mol. The third-order valence-corrected chi connectivity index (χ3v) is 4.31. The summed E-state index contributed by atoms with van der Waals surface area (Å²) in [5.74, 6) is 0.988. The molecule has 1 aromatic heterocycles. The summed E-state index contributed by atoms with van der Waals surface area (Å²) in [4.78, 5) is 6.87. The van der Waals surface area contributed by atoms with Crippen LogP contribution in [0.1, 0.15) is 26.3 Å². The van der Waals surface area contributed by atoms with Crippen molar-refractivity contribution < 1.29 is 0 Å². The van der Waals surface area contributed by atoms with Crippen LogP contribution in [0.5, 0.6) is 0 Å². The van der Waals surface area contributed by atoms with Gasteiger partial charge in [0.1, 0.15) is 5.82 Å². The lowest BCUT2D eigenvalue weighted by Crippen LogP contribution is -2.39. The molecule has 100 valence electrons. The number of hydrogen-bond acceptors (Lipinski definition) is 4. The van der Waals surface area contributed by atoms with Crippen LogP contribution in [0.3, 0.4) is 0 Å². The number of hydrogen-bond donors (Lipinski definition) is 1. The first-order valence-electron chi connectivity index (χ1n) is 6.74. The maximum Gasteiger partial charge on any atom is 0.126 e. The van der Waals surface area contributed by atoms with Crippen molar-refractivity contribution in [2.45, 2.75) is 37.8 Å². The molecule has 0 amide bonds. The highest BCUT2D eigenvalue weighted by atomic mass is 32.2. The molecule has 1 fully saturated rings. The van der Waals surface area contributed by atoms with Crippen LogP contribution in [0.4, 0.5) is 5.82 Å². The Labute approximate surface area is 114 Å². The Morgan fingerprint density at radius 3 is 2.78 bits per heavy atom. The first kappa shape index (κ1) is 13.7. The van der Waals surface area contributed by atoms with Gasteiger partial charge in [0, 0.05) is 42.9 Å². The zero-order valence-electron chi connectivity index (χ0n) is 11.5. The molecule has 2 rings (SSSR count). The molecule has 0 bridgehead atoms. The lowest BCUT2D eigenvalue weighted by molar-refractivity contribution is 0.263. The molecule has 1 saturated heterocycles. The van der Waals surface area contributed by atoms with Crippen LogP contribution in [0.2, 0.25) is 0 Å². The quantitative estimate of drug-likeness (QED) is 0.906. The van der Waals surface area contributed by atoms with Crippen LogP contribution in [0.15, 0.2) is 18.3 Å². The molecule has 1 aliphatic heterocycles. The highest BCUT2D eigenvalue weighted by molar-refractivity contribution is 8.00. The summed E-state index contributed by atoms with van der Waals surface area (Å²) in [5, 5.41) is 4.75. The van der Waals surface area contributed by atoms with Crippen molar-refractivity contribution in [1.29, 1.82) is 0 Å². The van der Waals surface area contributed by atoms with Crippen LogP contribution in [0.25, 0.3) is 0 Å². The van der Waals surface area contributed by atoms with E-state index in [1.807, 2.05) is 6.20 Å². The van der Waals surface area contributed by atoms with Gasteiger partial charge in [0.2, 0.25) is 0 Å². The molecule has 0 spiro atoms. The van der Waals surface area contributed by atoms with E-state index in [1.54, 1.807) is 0 Å². The molecule has 1 aromatic rings. The van der Waals surface area contributed by atoms with Gasteiger partial charge in [0.25, 0.3) is 0 Å². The van der Waals surface area contributed by atoms with Gasteiger partial charge in [0.15, 0.2) is 0 Å². The van der Waals surface area contributed by atoms with Crippen molar-refractivity contribution in [3.63, 3.8) is 0 Å². The van der Waals surface area contributed by atoms with E-state index in [4.69, 9.17) is 0 Å². The lowest BCUT2D eigenvalue weighted by Gasteiger charge is -2.34. The van der Waals surface area contributed by atoms with E-state index < -0.39 is 0 Å². The first-order chi connectivity index (χ1) is 8.67. The third kappa shape index (κ3) is 3.89. The summed E-state index contributed by atoms with van der Waals surface area (Å²) < 4.78 is 0. The Kier molecular flexibility index (Phi) is 4.89. The topological polar surface area (TPSA) is 28.2 Å². The van der Waals surface area contributed by atoms with Gasteiger partial charge in [-0.1, -0.05) is 13.8 Å². The fraction of sp³-hybridized carbons (Fsp3) is 0.643. The van der Waals surface area contributed by atoms with Gasteiger partial charge in [-0.3, -0.25) is 4.90 Å². The van der Waals surface area contributed by atoms with E-state index in [0.29, 0.717) is 0 Å². The van der Waals surface area contributed by atoms with Crippen LogP contribution >= 0.6 is 11.8 Å². The smallest absolute Gasteiger partial charge is 0.126 e. The van der Waals surface area contributed by atoms with E-state index >= 15 is 0 Å². The molecular weight excluding hydrogens is 242 g/mol. The first-order valence-corrected chi connectivity index (χ1v) is 7.68. The Morgan fingerprint density at radius 1 is 1.39 bits per heavy atom. The third-order valence-electron chi connectivity index (χ3n) is 3.08. The summed E-state index contributed by atoms with van der Waals surface area (Å²) in [7, 11) is 0. The highest BCUT2D eigenvalue weighted by Crippen LogP contribution is 2.25. The maximum absolute atomic E-state index is 4.32. The number of nitrogens with zero attached hydrogens (tertiary/aromatic N) is 2. The standard InChI is InChI=1S/C14H23N3S/c1-4-15-14-7-13(5-6-16-14)10-17-8-11(2)18-12(3)9-17/h5-7,11-12H,4,8-10H2,1-3H3,(H,15,16). The number of aromatic nitrogens is 1. The average Bonchev–Trinajstić information content (AvgIpc) is 2.28. The predicted molar refractivity (Wildman–Crippen MR) is 80.2 cm³/mol. The molecule has 0 radical (unpaired) electrons. The summed E-state index contributed by atoms with van der Waals surface area (Å²) >= 11 is 2.10. The summed E-state index contributed by atoms with van der Waals surface area (Å²) in [5.41, 5.74) is 1.35. The fourth-order valence-corrected chi connectivity index (χ4v) is 3.91. The SMILES string of the molecule is CCNc1cc(CN2CC(C)SC(C)C2)ccn1. The number of rotatable bonds is 4. The van der Waals surface area contributed by atoms with Crippen LogP contribution in [-0.2, 0) is 6.54 Å². The molecule has 2 heterocycles. The van der Waals surface area contributed by atoms with Gasteiger partial charge < -0.3 is 5.32 Å². The van der Waals surface area contributed by atoms with Crippen LogP contribution < -0.4 is 5.32 Å². The van der Waals surface area contributed by atoms with Gasteiger partial charge >= 0.3 is 0 Å². The summed E-state index contributed by atoms with van der Waals surface area (Å²) in [6.07, 6.45) is 1.90. The van der Waals surface area contributed by atoms with Gasteiger partial charge in [-0.2, -0.15) is 11.8 Å². The van der Waals surface area contributed by atoms with Gasteiger partial charge in [0.05, 0.1) is 0 Å². The second kappa shape index (κ2) is 6.43. The molecule has 0 aromatic carbocycles. The molecule has 0 saturated carbocycles. The lowest BCUT2D eigenvalue weighted by atomic mass is 10.2. The van der Waals surface area contributed by atoms with Crippen LogP contribution in [0, 0.1) is 0 Å². The van der Waals surface area contributed by atoms with Crippen molar-refractivity contribution in [3.8, 4) is 0 Å². The Bertz CT molecular complexity index is 373. The Hall–Kier alpha value is -0.740. The van der Waals surface area contributed by atoms with E-state index in [0.717, 1.165) is 29.4 Å². The second-order valence-electron chi connectivity index (χ2n) is 5.03. The van der Waals surface area contributed by atoms with Crippen molar-refractivity contribution in [2.24, 2.45) is 0 Å². The molecule has 2 atom stereocenters. The van der Waals surface area contributed by atoms with E-state index in [2.05, 4.69) is 59.9 Å². The Balaban J connectivity index is 1.97. The normalized spacial score (nSPS) is 25.1. The van der Waals surface area contributed by atoms with Crippen molar-refractivity contribution >= 4 is 17.6 Å². The van der Waals surface area contributed by atoms with Crippen molar-refractivity contribution in [3.05, 3.63) is 23.9 Å². The zero-order chi connectivity index (χ0) is 13.0. The van der Waals surface area contributed by atoms with E-state index in [1.165, 1.54) is 18.7 Å². The molecule has 0 aliphatic carbocycles. The zero-order valence-corrected chi connectivity index (χ0v) is 12.3. The van der Waals surface area contributed by atoms with Crippen molar-refractivity contribution in [1.82, 2.24) is 9.88 Å². The maximum atomic E-state index is 4.32. The largest absolute Gasteiger partial charge is 0.370 e. The number of nitrogens with one attached hydrogen (secondary N) is 1. The predicted octanol–water partition coefficient (Wildman–Crippen LogP) is 2.84. The van der Waals surface area contributed by atoms with Gasteiger partial charge in [-0.15, -0.1) is 0 Å². The van der Waals surface area contributed by atoms with Crippen molar-refractivity contribution in [2.75, 3.05) is 25.0 Å². The number of pyridine rings is 1. The van der Waals surface area contributed by atoms with E-state index in [-0.39, 0.29) is 0 Å². The minimum absolute atomic E-state index is 0.740. The molecule has 1 aliphatic rings. The highest BCUT2D eigenvalue weighted by Gasteiger charge is 2.22. The number of thioether (sulfide) groups is 1. The minimum Gasteiger partial charge on any atom is -0.370 e. The van der Waals surface area contributed by atoms with Crippen LogP contribution in [-0.4, -0.2) is 40.0 Å². The summed E-state index contributed by atoms with van der Waals surface area (Å²) in [6, 6.07) is 4.29. The fourth-order valence-electron chi connectivity index (χ4n) is 2.52.